The van der Waals surface area contributed by atoms with Crippen LogP contribution in [0.1, 0.15) is 36.1 Å². The number of carbonyl (C=O) groups excluding carboxylic acids is 1. The number of carbonyl (C=O) groups is 1. The van der Waals surface area contributed by atoms with Crippen LogP contribution in [0.3, 0.4) is 0 Å². The van der Waals surface area contributed by atoms with Crippen LogP contribution in [0.4, 0.5) is 5.13 Å². The van der Waals surface area contributed by atoms with E-state index >= 15 is 0 Å². The van der Waals surface area contributed by atoms with Crippen LogP contribution in [-0.4, -0.2) is 28.9 Å². The highest BCUT2D eigenvalue weighted by Gasteiger charge is 2.21. The summed E-state index contributed by atoms with van der Waals surface area (Å²) in [4.78, 5) is 19.0. The summed E-state index contributed by atoms with van der Waals surface area (Å²) in [6, 6.07) is 10.8. The molecule has 1 amide bonds. The number of rotatable bonds is 4. The van der Waals surface area contributed by atoms with E-state index < -0.39 is 0 Å². The first-order chi connectivity index (χ1) is 10.7. The van der Waals surface area contributed by atoms with E-state index in [0.717, 1.165) is 19.6 Å². The van der Waals surface area contributed by atoms with Crippen LogP contribution in [0.15, 0.2) is 36.5 Å². The third kappa shape index (κ3) is 3.93. The minimum Gasteiger partial charge on any atom is -0.302 e. The molecular formula is C17H21N3OS. The molecule has 1 aliphatic heterocycles. The van der Waals surface area contributed by atoms with Gasteiger partial charge in [0.15, 0.2) is 5.13 Å². The Labute approximate surface area is 135 Å². The van der Waals surface area contributed by atoms with Crippen molar-refractivity contribution in [3.8, 4) is 0 Å². The number of anilines is 1. The predicted octanol–water partition coefficient (Wildman–Crippen LogP) is 3.48. The number of thiazole rings is 1. The maximum absolute atomic E-state index is 11.1. The number of benzene rings is 1. The summed E-state index contributed by atoms with van der Waals surface area (Å²) in [6.45, 7) is 4.66. The first kappa shape index (κ1) is 15.2. The Hall–Kier alpha value is -1.72. The van der Waals surface area contributed by atoms with Crippen molar-refractivity contribution in [2.45, 2.75) is 32.2 Å². The highest BCUT2D eigenvalue weighted by molar-refractivity contribution is 7.15. The Morgan fingerprint density at radius 2 is 2.23 bits per heavy atom. The predicted molar refractivity (Wildman–Crippen MR) is 90.1 cm³/mol. The number of hydrogen-bond donors (Lipinski definition) is 1. The molecule has 2 heterocycles. The maximum Gasteiger partial charge on any atom is 0.223 e. The van der Waals surface area contributed by atoms with Gasteiger partial charge < -0.3 is 5.32 Å². The van der Waals surface area contributed by atoms with Gasteiger partial charge in [-0.2, -0.15) is 0 Å². The van der Waals surface area contributed by atoms with Crippen molar-refractivity contribution < 1.29 is 4.79 Å². The number of piperidine rings is 1. The molecule has 1 fully saturated rings. The summed E-state index contributed by atoms with van der Waals surface area (Å²) in [5.74, 6) is 0.556. The molecule has 1 aromatic carbocycles. The molecule has 0 spiro atoms. The van der Waals surface area contributed by atoms with Crippen LogP contribution >= 0.6 is 11.3 Å². The standard InChI is InChI=1S/C17H21N3OS/c1-13(21)19-17-18-10-16(22-17)12-20-9-5-8-15(11-20)14-6-3-2-4-7-14/h2-4,6-7,10,15H,5,8-9,11-12H2,1H3,(H,18,19,21). The van der Waals surface area contributed by atoms with Crippen molar-refractivity contribution in [2.24, 2.45) is 0 Å². The van der Waals surface area contributed by atoms with Crippen LogP contribution in [0.5, 0.6) is 0 Å². The molecule has 0 bridgehead atoms. The van der Waals surface area contributed by atoms with Gasteiger partial charge in [0, 0.05) is 31.1 Å². The van der Waals surface area contributed by atoms with Crippen LogP contribution in [0.25, 0.3) is 0 Å². The number of aromatic nitrogens is 1. The van der Waals surface area contributed by atoms with Crippen molar-refractivity contribution in [1.82, 2.24) is 9.88 Å². The monoisotopic (exact) mass is 315 g/mol. The SMILES string of the molecule is CC(=O)Nc1ncc(CN2CCCC(c3ccccc3)C2)s1. The summed E-state index contributed by atoms with van der Waals surface area (Å²) < 4.78 is 0. The second kappa shape index (κ2) is 7.03. The molecule has 1 saturated heterocycles. The fraction of sp³-hybridized carbons (Fsp3) is 0.412. The van der Waals surface area contributed by atoms with Gasteiger partial charge >= 0.3 is 0 Å². The second-order valence-electron chi connectivity index (χ2n) is 5.80. The van der Waals surface area contributed by atoms with Crippen molar-refractivity contribution in [3.05, 3.63) is 47.0 Å². The smallest absolute Gasteiger partial charge is 0.223 e. The highest BCUT2D eigenvalue weighted by Crippen LogP contribution is 2.28. The normalized spacial score (nSPS) is 19.0. The lowest BCUT2D eigenvalue weighted by atomic mass is 9.91. The fourth-order valence-corrected chi connectivity index (χ4v) is 3.91. The summed E-state index contributed by atoms with van der Waals surface area (Å²) in [5, 5.41) is 3.44. The number of nitrogens with zero attached hydrogens (tertiary/aromatic N) is 2. The van der Waals surface area contributed by atoms with Crippen LogP contribution in [0.2, 0.25) is 0 Å². The Morgan fingerprint density at radius 3 is 3.00 bits per heavy atom. The molecule has 1 unspecified atom stereocenters. The van der Waals surface area contributed by atoms with Gasteiger partial charge in [0.05, 0.1) is 0 Å². The van der Waals surface area contributed by atoms with Gasteiger partial charge in [0.2, 0.25) is 5.91 Å². The third-order valence-electron chi connectivity index (χ3n) is 3.99. The zero-order valence-corrected chi connectivity index (χ0v) is 13.6. The molecule has 2 aromatic rings. The van der Waals surface area contributed by atoms with Crippen LogP contribution in [0, 0.1) is 0 Å². The largest absolute Gasteiger partial charge is 0.302 e. The van der Waals surface area contributed by atoms with Crippen molar-refractivity contribution in [1.29, 1.82) is 0 Å². The van der Waals surface area contributed by atoms with Gasteiger partial charge in [-0.05, 0) is 30.9 Å². The highest BCUT2D eigenvalue weighted by atomic mass is 32.1. The van der Waals surface area contributed by atoms with Gasteiger partial charge in [0.1, 0.15) is 0 Å². The van der Waals surface area contributed by atoms with Crippen molar-refractivity contribution >= 4 is 22.4 Å². The number of likely N-dealkylation sites (tertiary alicyclic amines) is 1. The lowest BCUT2D eigenvalue weighted by Gasteiger charge is -2.32. The van der Waals surface area contributed by atoms with Crippen molar-refractivity contribution in [3.63, 3.8) is 0 Å². The summed E-state index contributed by atoms with van der Waals surface area (Å²) in [5.41, 5.74) is 1.44. The minimum absolute atomic E-state index is 0.0667. The van der Waals surface area contributed by atoms with Gasteiger partial charge in [-0.15, -0.1) is 11.3 Å². The van der Waals surface area contributed by atoms with Gasteiger partial charge in [0.25, 0.3) is 0 Å². The molecular weight excluding hydrogens is 294 g/mol. The Balaban J connectivity index is 1.60. The molecule has 0 radical (unpaired) electrons. The van der Waals surface area contributed by atoms with E-state index in [4.69, 9.17) is 0 Å². The Bertz CT molecular complexity index is 626. The zero-order valence-electron chi connectivity index (χ0n) is 12.8. The molecule has 5 heteroatoms. The lowest BCUT2D eigenvalue weighted by molar-refractivity contribution is -0.114. The van der Waals surface area contributed by atoms with E-state index in [9.17, 15) is 4.79 Å². The van der Waals surface area contributed by atoms with E-state index in [2.05, 4.69) is 45.5 Å². The Morgan fingerprint density at radius 1 is 1.41 bits per heavy atom. The van der Waals surface area contributed by atoms with Crippen LogP contribution < -0.4 is 5.32 Å². The first-order valence-electron chi connectivity index (χ1n) is 7.70. The average molecular weight is 315 g/mol. The topological polar surface area (TPSA) is 45.2 Å². The van der Waals surface area contributed by atoms with E-state index in [1.54, 1.807) is 11.3 Å². The molecule has 0 aliphatic carbocycles. The molecule has 1 atom stereocenters. The second-order valence-corrected chi connectivity index (χ2v) is 6.91. The quantitative estimate of drug-likeness (QED) is 0.939. The van der Waals surface area contributed by atoms with E-state index in [0.29, 0.717) is 11.0 Å². The zero-order chi connectivity index (χ0) is 15.4. The van der Waals surface area contributed by atoms with E-state index in [1.807, 2.05) is 6.20 Å². The molecule has 1 aliphatic rings. The summed E-state index contributed by atoms with van der Waals surface area (Å²) in [7, 11) is 0. The van der Waals surface area contributed by atoms with Crippen LogP contribution in [-0.2, 0) is 11.3 Å². The fourth-order valence-electron chi connectivity index (χ4n) is 3.01. The number of hydrogen-bond acceptors (Lipinski definition) is 4. The molecule has 116 valence electrons. The molecule has 22 heavy (non-hydrogen) atoms. The molecule has 1 N–H and O–H groups in total. The van der Waals surface area contributed by atoms with Gasteiger partial charge in [-0.25, -0.2) is 4.98 Å². The number of amides is 1. The first-order valence-corrected chi connectivity index (χ1v) is 8.52. The summed E-state index contributed by atoms with van der Waals surface area (Å²) in [6.07, 6.45) is 4.37. The molecule has 1 aromatic heterocycles. The van der Waals surface area contributed by atoms with E-state index in [-0.39, 0.29) is 5.91 Å². The molecule has 4 nitrogen and oxygen atoms in total. The van der Waals surface area contributed by atoms with Gasteiger partial charge in [-0.1, -0.05) is 30.3 Å². The maximum atomic E-state index is 11.1. The molecule has 0 saturated carbocycles. The third-order valence-corrected chi connectivity index (χ3v) is 4.89. The van der Waals surface area contributed by atoms with Crippen molar-refractivity contribution in [2.75, 3.05) is 18.4 Å². The molecule has 3 rings (SSSR count). The lowest BCUT2D eigenvalue weighted by Crippen LogP contribution is -2.33. The summed E-state index contributed by atoms with van der Waals surface area (Å²) >= 11 is 1.57. The van der Waals surface area contributed by atoms with Gasteiger partial charge in [-0.3, -0.25) is 9.69 Å². The average Bonchev–Trinajstić information content (AvgIpc) is 2.94. The minimum atomic E-state index is -0.0667. The Kier molecular flexibility index (Phi) is 4.85. The van der Waals surface area contributed by atoms with E-state index in [1.165, 1.54) is 30.2 Å². The number of nitrogens with one attached hydrogen (secondary N) is 1.